The highest BCUT2D eigenvalue weighted by Gasteiger charge is 2.30. The van der Waals surface area contributed by atoms with Crippen molar-refractivity contribution in [3.8, 4) is 0 Å². The number of carbonyl (C=O) groups is 2. The Morgan fingerprint density at radius 3 is 2.59 bits per heavy atom. The number of hydrogen-bond acceptors (Lipinski definition) is 5. The number of amides is 1. The zero-order valence-electron chi connectivity index (χ0n) is 17.5. The number of piperidine rings is 1. The number of thioether (sulfide) groups is 1. The number of aromatic nitrogens is 1. The average molecular weight is 473 g/mol. The second-order valence-corrected chi connectivity index (χ2v) is 9.78. The van der Waals surface area contributed by atoms with E-state index in [9.17, 15) is 18.4 Å². The molecule has 0 N–H and O–H groups in total. The molecule has 166 valence electrons. The summed E-state index contributed by atoms with van der Waals surface area (Å²) in [7, 11) is 0. The number of rotatable bonds is 6. The van der Waals surface area contributed by atoms with E-state index in [2.05, 4.69) is 4.98 Å². The number of aryl methyl sites for hydroxylation is 1. The molecule has 0 atom stereocenters. The van der Waals surface area contributed by atoms with Crippen molar-refractivity contribution in [2.75, 3.05) is 13.1 Å². The molecule has 8 heteroatoms. The highest BCUT2D eigenvalue weighted by atomic mass is 32.2. The van der Waals surface area contributed by atoms with Crippen LogP contribution in [0.3, 0.4) is 0 Å². The number of halogens is 2. The van der Waals surface area contributed by atoms with Gasteiger partial charge in [0.2, 0.25) is 0 Å². The van der Waals surface area contributed by atoms with Gasteiger partial charge in [0, 0.05) is 35.0 Å². The van der Waals surface area contributed by atoms with Crippen molar-refractivity contribution in [2.45, 2.75) is 30.4 Å². The largest absolute Gasteiger partial charge is 0.339 e. The van der Waals surface area contributed by atoms with E-state index in [0.29, 0.717) is 37.2 Å². The molecule has 0 aliphatic carbocycles. The quantitative estimate of drug-likeness (QED) is 0.338. The van der Waals surface area contributed by atoms with Gasteiger partial charge in [-0.05, 0) is 50.1 Å². The van der Waals surface area contributed by atoms with Crippen molar-refractivity contribution < 1.29 is 18.4 Å². The Bertz CT molecular complexity index is 1140. The van der Waals surface area contributed by atoms with Gasteiger partial charge in [-0.1, -0.05) is 12.1 Å². The van der Waals surface area contributed by atoms with Crippen molar-refractivity contribution in [1.29, 1.82) is 0 Å². The first kappa shape index (κ1) is 22.6. The van der Waals surface area contributed by atoms with Crippen molar-refractivity contribution in [3.63, 3.8) is 0 Å². The van der Waals surface area contributed by atoms with Gasteiger partial charge >= 0.3 is 0 Å². The van der Waals surface area contributed by atoms with E-state index in [-0.39, 0.29) is 11.5 Å². The first-order chi connectivity index (χ1) is 15.4. The van der Waals surface area contributed by atoms with Gasteiger partial charge in [0.25, 0.3) is 5.91 Å². The molecular formula is C24H22F2N2O2S2. The van der Waals surface area contributed by atoms with Gasteiger partial charge in [-0.2, -0.15) is 0 Å². The minimum absolute atomic E-state index is 0.0783. The number of carbonyl (C=O) groups excluding carboxylic acids is 2. The van der Waals surface area contributed by atoms with Crippen molar-refractivity contribution >= 4 is 34.8 Å². The molecule has 4 nitrogen and oxygen atoms in total. The molecule has 0 bridgehead atoms. The van der Waals surface area contributed by atoms with Gasteiger partial charge in [0.15, 0.2) is 5.78 Å². The molecule has 0 unspecified atom stereocenters. The molecule has 2 aromatic carbocycles. The highest BCUT2D eigenvalue weighted by molar-refractivity contribution is 7.98. The fourth-order valence-corrected chi connectivity index (χ4v) is 5.47. The normalized spacial score (nSPS) is 14.5. The number of likely N-dealkylation sites (tertiary alicyclic amines) is 1. The first-order valence-corrected chi connectivity index (χ1v) is 12.2. The molecular weight excluding hydrogens is 450 g/mol. The molecule has 1 fully saturated rings. The summed E-state index contributed by atoms with van der Waals surface area (Å²) in [5.74, 6) is -1.56. The molecule has 1 aromatic heterocycles. The summed E-state index contributed by atoms with van der Waals surface area (Å²) >= 11 is 3.18. The summed E-state index contributed by atoms with van der Waals surface area (Å²) in [5.41, 5.74) is 1.41. The average Bonchev–Trinajstić information content (AvgIpc) is 3.23. The third-order valence-corrected chi connectivity index (χ3v) is 7.44. The minimum atomic E-state index is -0.712. The number of Topliss-reactive ketones (excluding diaryl/α,β-unsaturated/α-hetero) is 1. The zero-order valence-corrected chi connectivity index (χ0v) is 19.1. The summed E-state index contributed by atoms with van der Waals surface area (Å²) in [6, 6.07) is 10.4. The van der Waals surface area contributed by atoms with Crippen LogP contribution in [0.1, 0.15) is 44.3 Å². The highest BCUT2D eigenvalue weighted by Crippen LogP contribution is 2.30. The molecule has 4 rings (SSSR count). The van der Waals surface area contributed by atoms with Crippen LogP contribution in [0.2, 0.25) is 0 Å². The van der Waals surface area contributed by atoms with Crippen LogP contribution in [-0.2, 0) is 5.75 Å². The van der Waals surface area contributed by atoms with E-state index in [0.717, 1.165) is 33.8 Å². The predicted molar refractivity (Wildman–Crippen MR) is 122 cm³/mol. The van der Waals surface area contributed by atoms with Crippen LogP contribution in [0.4, 0.5) is 8.78 Å². The van der Waals surface area contributed by atoms with E-state index in [1.165, 1.54) is 0 Å². The van der Waals surface area contributed by atoms with Crippen LogP contribution in [0.5, 0.6) is 0 Å². The maximum Gasteiger partial charge on any atom is 0.254 e. The van der Waals surface area contributed by atoms with Crippen LogP contribution < -0.4 is 0 Å². The van der Waals surface area contributed by atoms with E-state index in [4.69, 9.17) is 0 Å². The van der Waals surface area contributed by atoms with Crippen molar-refractivity contribution in [2.24, 2.45) is 5.92 Å². The molecule has 32 heavy (non-hydrogen) atoms. The summed E-state index contributed by atoms with van der Waals surface area (Å²) in [4.78, 5) is 33.0. The Balaban J connectivity index is 1.40. The Morgan fingerprint density at radius 1 is 1.12 bits per heavy atom. The first-order valence-electron chi connectivity index (χ1n) is 10.3. The fraction of sp³-hybridized carbons (Fsp3) is 0.292. The Morgan fingerprint density at radius 2 is 1.88 bits per heavy atom. The van der Waals surface area contributed by atoms with Crippen molar-refractivity contribution in [1.82, 2.24) is 9.88 Å². The van der Waals surface area contributed by atoms with Gasteiger partial charge in [-0.3, -0.25) is 9.59 Å². The van der Waals surface area contributed by atoms with E-state index in [1.54, 1.807) is 28.0 Å². The smallest absolute Gasteiger partial charge is 0.254 e. The molecule has 0 radical (unpaired) electrons. The summed E-state index contributed by atoms with van der Waals surface area (Å²) in [6.07, 6.45) is 0.849. The lowest BCUT2D eigenvalue weighted by Gasteiger charge is -2.32. The molecule has 1 aliphatic rings. The van der Waals surface area contributed by atoms with Crippen LogP contribution in [0.15, 0.2) is 52.7 Å². The third kappa shape index (κ3) is 5.07. The van der Waals surface area contributed by atoms with Gasteiger partial charge in [-0.15, -0.1) is 23.1 Å². The van der Waals surface area contributed by atoms with E-state index >= 15 is 0 Å². The van der Waals surface area contributed by atoms with Crippen molar-refractivity contribution in [3.05, 3.63) is 81.3 Å². The lowest BCUT2D eigenvalue weighted by atomic mass is 9.88. The molecule has 3 aromatic rings. The molecule has 0 spiro atoms. The standard InChI is InChI=1S/C24H22F2N2O2S2/c1-15-27-18(13-31-15)14-32-22-5-3-2-4-19(22)24(30)28-10-8-16(9-11-28)23(29)20-12-17(25)6-7-21(20)26/h2-7,12-13,16H,8-11,14H2,1H3. The second kappa shape index (κ2) is 9.92. The van der Waals surface area contributed by atoms with Gasteiger partial charge in [0.1, 0.15) is 11.6 Å². The fourth-order valence-electron chi connectivity index (χ4n) is 3.82. The molecule has 2 heterocycles. The SMILES string of the molecule is Cc1nc(CSc2ccccc2C(=O)N2CCC(C(=O)c3cc(F)ccc3F)CC2)cs1. The Kier molecular flexibility index (Phi) is 7.01. The summed E-state index contributed by atoms with van der Waals surface area (Å²) in [5, 5.41) is 3.04. The summed E-state index contributed by atoms with van der Waals surface area (Å²) in [6.45, 7) is 2.76. The number of nitrogens with zero attached hydrogens (tertiary/aromatic N) is 2. The molecule has 1 saturated heterocycles. The van der Waals surface area contributed by atoms with Crippen LogP contribution in [0, 0.1) is 24.5 Å². The number of thiazole rings is 1. The van der Waals surface area contributed by atoms with Gasteiger partial charge in [0.05, 0.1) is 21.8 Å². The maximum absolute atomic E-state index is 14.0. The lowest BCUT2D eigenvalue weighted by Crippen LogP contribution is -2.40. The second-order valence-electron chi connectivity index (χ2n) is 7.70. The van der Waals surface area contributed by atoms with Crippen LogP contribution in [0.25, 0.3) is 0 Å². The maximum atomic E-state index is 14.0. The summed E-state index contributed by atoms with van der Waals surface area (Å²) < 4.78 is 27.4. The van der Waals surface area contributed by atoms with Crippen LogP contribution >= 0.6 is 23.1 Å². The number of benzene rings is 2. The predicted octanol–water partition coefficient (Wildman–Crippen LogP) is 5.76. The lowest BCUT2D eigenvalue weighted by molar-refractivity contribution is 0.0646. The molecule has 0 saturated carbocycles. The van der Waals surface area contributed by atoms with E-state index < -0.39 is 23.3 Å². The number of ketones is 1. The topological polar surface area (TPSA) is 50.3 Å². The Labute approximate surface area is 193 Å². The van der Waals surface area contributed by atoms with Gasteiger partial charge in [-0.25, -0.2) is 13.8 Å². The monoisotopic (exact) mass is 472 g/mol. The third-order valence-electron chi connectivity index (χ3n) is 5.51. The van der Waals surface area contributed by atoms with E-state index in [1.807, 2.05) is 36.6 Å². The molecule has 1 aliphatic heterocycles. The van der Waals surface area contributed by atoms with Gasteiger partial charge < -0.3 is 4.90 Å². The zero-order chi connectivity index (χ0) is 22.7. The van der Waals surface area contributed by atoms with Crippen LogP contribution in [-0.4, -0.2) is 34.7 Å². The number of hydrogen-bond donors (Lipinski definition) is 0. The molecule has 1 amide bonds. The minimum Gasteiger partial charge on any atom is -0.339 e. The Hall–Kier alpha value is -2.58.